The quantitative estimate of drug-likeness (QED) is 0.805. The number of fused-ring (bicyclic) bond motifs is 1. The Bertz CT molecular complexity index is 613. The second kappa shape index (κ2) is 3.89. The molecule has 90 valence electrons. The molecule has 17 heavy (non-hydrogen) atoms. The van der Waals surface area contributed by atoms with Gasteiger partial charge in [0.2, 0.25) is 9.84 Å². The minimum absolute atomic E-state index is 0.00282. The average Bonchev–Trinajstić information content (AvgIpc) is 2.56. The molecule has 0 unspecified atom stereocenters. The van der Waals surface area contributed by atoms with Crippen molar-refractivity contribution in [3.8, 4) is 5.75 Å². The first kappa shape index (κ1) is 11.7. The van der Waals surface area contributed by atoms with E-state index in [9.17, 15) is 18.3 Å². The maximum Gasteiger partial charge on any atom is 0.341 e. The summed E-state index contributed by atoms with van der Waals surface area (Å²) >= 11 is 0. The standard InChI is InChI=1S/C11H10O5S/c1-2-16-11(13)8-3-4-9-7(10(8)12)5-6-17(9,14)15/h3-6,12H,2H2,1H3. The van der Waals surface area contributed by atoms with E-state index in [1.54, 1.807) is 6.92 Å². The van der Waals surface area contributed by atoms with Gasteiger partial charge in [-0.2, -0.15) is 0 Å². The van der Waals surface area contributed by atoms with E-state index < -0.39 is 15.8 Å². The normalized spacial score (nSPS) is 15.6. The molecule has 0 radical (unpaired) electrons. The zero-order valence-corrected chi connectivity index (χ0v) is 9.82. The minimum atomic E-state index is -3.48. The lowest BCUT2D eigenvalue weighted by molar-refractivity contribution is 0.0523. The second-order valence-electron chi connectivity index (χ2n) is 3.44. The van der Waals surface area contributed by atoms with Crippen molar-refractivity contribution >= 4 is 21.9 Å². The van der Waals surface area contributed by atoms with Gasteiger partial charge in [0.1, 0.15) is 11.3 Å². The smallest absolute Gasteiger partial charge is 0.341 e. The van der Waals surface area contributed by atoms with Crippen molar-refractivity contribution in [3.05, 3.63) is 28.7 Å². The molecule has 6 heteroatoms. The highest BCUT2D eigenvalue weighted by Gasteiger charge is 2.26. The van der Waals surface area contributed by atoms with E-state index in [0.717, 1.165) is 5.41 Å². The first-order valence-corrected chi connectivity index (χ1v) is 6.48. The summed E-state index contributed by atoms with van der Waals surface area (Å²) in [7, 11) is -3.48. The van der Waals surface area contributed by atoms with Crippen molar-refractivity contribution in [3.63, 3.8) is 0 Å². The van der Waals surface area contributed by atoms with Crippen molar-refractivity contribution in [2.75, 3.05) is 6.61 Å². The Morgan fingerprint density at radius 2 is 2.12 bits per heavy atom. The zero-order valence-electron chi connectivity index (χ0n) is 9.00. The van der Waals surface area contributed by atoms with Crippen LogP contribution >= 0.6 is 0 Å². The van der Waals surface area contributed by atoms with Gasteiger partial charge in [0.15, 0.2) is 0 Å². The molecule has 0 saturated carbocycles. The van der Waals surface area contributed by atoms with Crippen LogP contribution in [0.15, 0.2) is 22.4 Å². The Morgan fingerprint density at radius 1 is 1.41 bits per heavy atom. The maximum absolute atomic E-state index is 11.5. The fourth-order valence-corrected chi connectivity index (χ4v) is 2.79. The van der Waals surface area contributed by atoms with Crippen LogP contribution in [-0.4, -0.2) is 26.1 Å². The molecule has 1 heterocycles. The number of ether oxygens (including phenoxy) is 1. The highest BCUT2D eigenvalue weighted by molar-refractivity contribution is 7.94. The van der Waals surface area contributed by atoms with Crippen molar-refractivity contribution in [2.45, 2.75) is 11.8 Å². The SMILES string of the molecule is CCOC(=O)c1ccc2c(c1O)C=CS2(=O)=O. The number of rotatable bonds is 2. The number of hydrogen-bond acceptors (Lipinski definition) is 5. The molecule has 0 saturated heterocycles. The van der Waals surface area contributed by atoms with Gasteiger partial charge in [0, 0.05) is 11.0 Å². The second-order valence-corrected chi connectivity index (χ2v) is 5.24. The van der Waals surface area contributed by atoms with Gasteiger partial charge in [-0.05, 0) is 25.1 Å². The van der Waals surface area contributed by atoms with Gasteiger partial charge in [-0.3, -0.25) is 0 Å². The van der Waals surface area contributed by atoms with E-state index >= 15 is 0 Å². The summed E-state index contributed by atoms with van der Waals surface area (Å²) in [5.41, 5.74) is 0.0999. The van der Waals surface area contributed by atoms with E-state index in [2.05, 4.69) is 0 Å². The van der Waals surface area contributed by atoms with Crippen LogP contribution in [0, 0.1) is 0 Å². The largest absolute Gasteiger partial charge is 0.506 e. The number of esters is 1. The highest BCUT2D eigenvalue weighted by Crippen LogP contribution is 2.35. The van der Waals surface area contributed by atoms with Crippen LogP contribution in [0.1, 0.15) is 22.8 Å². The van der Waals surface area contributed by atoms with Gasteiger partial charge < -0.3 is 9.84 Å². The fraction of sp³-hybridized carbons (Fsp3) is 0.182. The number of carbonyl (C=O) groups is 1. The lowest BCUT2D eigenvalue weighted by Gasteiger charge is -2.07. The lowest BCUT2D eigenvalue weighted by Crippen LogP contribution is -2.06. The molecule has 1 aliphatic rings. The Balaban J connectivity index is 2.57. The van der Waals surface area contributed by atoms with Crippen molar-refractivity contribution in [1.82, 2.24) is 0 Å². The van der Waals surface area contributed by atoms with Gasteiger partial charge in [0.25, 0.3) is 0 Å². The minimum Gasteiger partial charge on any atom is -0.506 e. The van der Waals surface area contributed by atoms with Crippen LogP contribution in [0.4, 0.5) is 0 Å². The molecule has 0 aliphatic carbocycles. The molecule has 1 aliphatic heterocycles. The third kappa shape index (κ3) is 1.80. The van der Waals surface area contributed by atoms with Gasteiger partial charge in [-0.1, -0.05) is 0 Å². The van der Waals surface area contributed by atoms with Gasteiger partial charge in [-0.25, -0.2) is 13.2 Å². The molecule has 0 bridgehead atoms. The molecule has 0 atom stereocenters. The van der Waals surface area contributed by atoms with Crippen LogP contribution in [0.2, 0.25) is 0 Å². The topological polar surface area (TPSA) is 80.7 Å². The summed E-state index contributed by atoms with van der Waals surface area (Å²) in [5.74, 6) is -1.04. The molecule has 1 aromatic rings. The number of hydrogen-bond donors (Lipinski definition) is 1. The first-order chi connectivity index (χ1) is 7.97. The van der Waals surface area contributed by atoms with Crippen LogP contribution in [0.25, 0.3) is 6.08 Å². The predicted octanol–water partition coefficient (Wildman–Crippen LogP) is 1.33. The molecular weight excluding hydrogens is 244 g/mol. The van der Waals surface area contributed by atoms with Crippen LogP contribution in [0.5, 0.6) is 5.75 Å². The van der Waals surface area contributed by atoms with E-state index in [1.165, 1.54) is 18.2 Å². The molecule has 5 nitrogen and oxygen atoms in total. The fourth-order valence-electron chi connectivity index (χ4n) is 1.60. The number of aromatic hydroxyl groups is 1. The Labute approximate surface area is 98.3 Å². The molecule has 1 N–H and O–H groups in total. The van der Waals surface area contributed by atoms with E-state index in [4.69, 9.17) is 4.74 Å². The van der Waals surface area contributed by atoms with Crippen LogP contribution in [-0.2, 0) is 14.6 Å². The van der Waals surface area contributed by atoms with Gasteiger partial charge in [0.05, 0.1) is 11.5 Å². The summed E-state index contributed by atoms with van der Waals surface area (Å²) in [6, 6.07) is 2.54. The number of phenols is 1. The van der Waals surface area contributed by atoms with E-state index in [-0.39, 0.29) is 28.4 Å². The molecular formula is C11H10O5S. The van der Waals surface area contributed by atoms with E-state index in [0.29, 0.717) is 0 Å². The third-order valence-corrected chi connectivity index (χ3v) is 3.86. The summed E-state index contributed by atoms with van der Waals surface area (Å²) in [6.07, 6.45) is 1.27. The van der Waals surface area contributed by atoms with Gasteiger partial charge in [-0.15, -0.1) is 0 Å². The first-order valence-electron chi connectivity index (χ1n) is 4.93. The molecule has 2 rings (SSSR count). The summed E-state index contributed by atoms with van der Waals surface area (Å²) in [6.45, 7) is 1.83. The Kier molecular flexibility index (Phi) is 2.66. The molecule has 0 fully saturated rings. The highest BCUT2D eigenvalue weighted by atomic mass is 32.2. The monoisotopic (exact) mass is 254 g/mol. The molecule has 0 aromatic heterocycles. The summed E-state index contributed by atoms with van der Waals surface area (Å²) in [5, 5.41) is 10.8. The summed E-state index contributed by atoms with van der Waals surface area (Å²) in [4.78, 5) is 11.5. The average molecular weight is 254 g/mol. The van der Waals surface area contributed by atoms with Crippen LogP contribution in [0.3, 0.4) is 0 Å². The predicted molar refractivity (Wildman–Crippen MR) is 60.3 cm³/mol. The Hall–Kier alpha value is -1.82. The Morgan fingerprint density at radius 3 is 2.76 bits per heavy atom. The molecule has 1 aromatic carbocycles. The van der Waals surface area contributed by atoms with Crippen molar-refractivity contribution in [1.29, 1.82) is 0 Å². The van der Waals surface area contributed by atoms with Crippen LogP contribution < -0.4 is 0 Å². The van der Waals surface area contributed by atoms with Crippen molar-refractivity contribution < 1.29 is 23.1 Å². The number of benzene rings is 1. The maximum atomic E-state index is 11.5. The van der Waals surface area contributed by atoms with E-state index in [1.807, 2.05) is 0 Å². The number of phenolic OH excluding ortho intramolecular Hbond substituents is 1. The summed E-state index contributed by atoms with van der Waals surface area (Å²) < 4.78 is 27.7. The lowest BCUT2D eigenvalue weighted by atomic mass is 10.1. The molecule has 0 amide bonds. The number of sulfone groups is 1. The molecule has 0 spiro atoms. The zero-order chi connectivity index (χ0) is 12.6. The van der Waals surface area contributed by atoms with Crippen molar-refractivity contribution in [2.24, 2.45) is 0 Å². The van der Waals surface area contributed by atoms with Gasteiger partial charge >= 0.3 is 5.97 Å². The number of carbonyl (C=O) groups excluding carboxylic acids is 1. The third-order valence-electron chi connectivity index (χ3n) is 2.39.